The van der Waals surface area contributed by atoms with Gasteiger partial charge in [-0.25, -0.2) is 4.39 Å². The minimum absolute atomic E-state index is 0.0782. The lowest BCUT2D eigenvalue weighted by atomic mass is 9.95. The molecule has 0 saturated heterocycles. The Morgan fingerprint density at radius 2 is 2.13 bits per heavy atom. The van der Waals surface area contributed by atoms with Crippen LogP contribution in [0.1, 0.15) is 29.8 Å². The zero-order valence-corrected chi connectivity index (χ0v) is 10.8. The van der Waals surface area contributed by atoms with Crippen LogP contribution in [-0.2, 0) is 5.75 Å². The Kier molecular flexibility index (Phi) is 2.67. The first-order valence-electron chi connectivity index (χ1n) is 4.59. The predicted molar refractivity (Wildman–Crippen MR) is 63.8 cm³/mol. The Labute approximate surface area is 101 Å². The van der Waals surface area contributed by atoms with Crippen LogP contribution in [0.5, 0.6) is 0 Å². The minimum atomic E-state index is -0.399. The molecule has 1 heterocycles. The van der Waals surface area contributed by atoms with Crippen LogP contribution in [0.25, 0.3) is 0 Å². The summed E-state index contributed by atoms with van der Waals surface area (Å²) in [4.78, 5) is 12.0. The number of rotatable bonds is 0. The number of carbonyl (C=O) groups is 1. The molecule has 80 valence electrons. The fourth-order valence-corrected chi connectivity index (χ4v) is 3.31. The molecule has 4 heteroatoms. The molecule has 0 bridgehead atoms. The monoisotopic (exact) mass is 288 g/mol. The number of hydrogen-bond acceptors (Lipinski definition) is 2. The molecule has 1 aromatic carbocycles. The largest absolute Gasteiger partial charge is 0.293 e. The quantitative estimate of drug-likeness (QED) is 0.722. The highest BCUT2D eigenvalue weighted by Crippen LogP contribution is 2.41. The van der Waals surface area contributed by atoms with Gasteiger partial charge >= 0.3 is 0 Å². The van der Waals surface area contributed by atoms with Crippen LogP contribution in [0, 0.1) is 5.82 Å². The van der Waals surface area contributed by atoms with E-state index in [0.29, 0.717) is 15.8 Å². The first-order chi connectivity index (χ1) is 6.93. The summed E-state index contributed by atoms with van der Waals surface area (Å²) in [6, 6.07) is 2.92. The van der Waals surface area contributed by atoms with Gasteiger partial charge in [-0.15, -0.1) is 11.8 Å². The van der Waals surface area contributed by atoms with Gasteiger partial charge in [0.25, 0.3) is 0 Å². The van der Waals surface area contributed by atoms with Crippen LogP contribution in [0.2, 0.25) is 0 Å². The van der Waals surface area contributed by atoms with Crippen LogP contribution >= 0.6 is 27.7 Å². The third-order valence-electron chi connectivity index (χ3n) is 2.56. The molecule has 0 fully saturated rings. The molecular weight excluding hydrogens is 279 g/mol. The van der Waals surface area contributed by atoms with Crippen molar-refractivity contribution in [3.63, 3.8) is 0 Å². The van der Waals surface area contributed by atoms with Crippen molar-refractivity contribution in [3.8, 4) is 0 Å². The second-order valence-corrected chi connectivity index (χ2v) is 6.41. The summed E-state index contributed by atoms with van der Waals surface area (Å²) in [5.41, 5.74) is 1.43. The van der Waals surface area contributed by atoms with Gasteiger partial charge in [0.05, 0.1) is 9.22 Å². The standard InChI is InChI=1S/C11H10BrFOS/c1-11(2)10(14)6-3-4-8(13)9(12)7(6)5-15-11/h3-4H,5H2,1-2H3. The predicted octanol–water partition coefficient (Wildman–Crippen LogP) is 3.80. The molecule has 2 rings (SSSR count). The number of halogens is 2. The molecule has 15 heavy (non-hydrogen) atoms. The number of benzene rings is 1. The second-order valence-electron chi connectivity index (χ2n) is 4.02. The molecule has 0 saturated carbocycles. The molecule has 0 aromatic heterocycles. The van der Waals surface area contributed by atoms with Crippen molar-refractivity contribution in [2.45, 2.75) is 24.3 Å². The molecule has 0 unspecified atom stereocenters. The lowest BCUT2D eigenvalue weighted by Crippen LogP contribution is -2.32. The molecule has 1 nitrogen and oxygen atoms in total. The van der Waals surface area contributed by atoms with E-state index in [1.54, 1.807) is 17.8 Å². The van der Waals surface area contributed by atoms with Gasteiger partial charge in [-0.2, -0.15) is 0 Å². The van der Waals surface area contributed by atoms with Gasteiger partial charge in [0, 0.05) is 11.3 Å². The summed E-state index contributed by atoms with van der Waals surface area (Å²) in [5, 5.41) is 0. The van der Waals surface area contributed by atoms with Crippen LogP contribution < -0.4 is 0 Å². The Morgan fingerprint density at radius 1 is 1.47 bits per heavy atom. The summed E-state index contributed by atoms with van der Waals surface area (Å²) in [5.74, 6) is 0.447. The molecule has 0 atom stereocenters. The first kappa shape index (κ1) is 11.1. The minimum Gasteiger partial charge on any atom is -0.293 e. The van der Waals surface area contributed by atoms with E-state index < -0.39 is 4.75 Å². The molecule has 1 aromatic rings. The van der Waals surface area contributed by atoms with E-state index in [1.165, 1.54) is 6.07 Å². The van der Waals surface area contributed by atoms with E-state index >= 15 is 0 Å². The smallest absolute Gasteiger partial charge is 0.178 e. The summed E-state index contributed by atoms with van der Waals surface area (Å²) >= 11 is 4.74. The molecule has 0 radical (unpaired) electrons. The number of fused-ring (bicyclic) bond motifs is 1. The van der Waals surface area contributed by atoms with Gasteiger partial charge in [-0.3, -0.25) is 4.79 Å². The fraction of sp³-hybridized carbons (Fsp3) is 0.364. The molecule has 0 N–H and O–H groups in total. The van der Waals surface area contributed by atoms with Crippen LogP contribution in [0.15, 0.2) is 16.6 Å². The number of Topliss-reactive ketones (excluding diaryl/α,β-unsaturated/α-hetero) is 1. The Bertz CT molecular complexity index is 442. The first-order valence-corrected chi connectivity index (χ1v) is 6.37. The van der Waals surface area contributed by atoms with E-state index in [9.17, 15) is 9.18 Å². The van der Waals surface area contributed by atoms with E-state index in [0.717, 1.165) is 5.56 Å². The maximum atomic E-state index is 13.3. The Morgan fingerprint density at radius 3 is 2.80 bits per heavy atom. The van der Waals surface area contributed by atoms with E-state index in [4.69, 9.17) is 0 Å². The van der Waals surface area contributed by atoms with Crippen molar-refractivity contribution in [2.75, 3.05) is 0 Å². The molecular formula is C11H10BrFOS. The maximum absolute atomic E-state index is 13.3. The molecule has 0 spiro atoms. The highest BCUT2D eigenvalue weighted by atomic mass is 79.9. The fourth-order valence-electron chi connectivity index (χ4n) is 1.59. The van der Waals surface area contributed by atoms with Crippen molar-refractivity contribution in [1.82, 2.24) is 0 Å². The molecule has 1 aliphatic rings. The Hall–Kier alpha value is -0.350. The zero-order valence-electron chi connectivity index (χ0n) is 8.43. The normalized spacial score (nSPS) is 18.8. The highest BCUT2D eigenvalue weighted by Gasteiger charge is 2.36. The van der Waals surface area contributed by atoms with E-state index in [2.05, 4.69) is 15.9 Å². The summed E-state index contributed by atoms with van der Waals surface area (Å²) in [6.07, 6.45) is 0. The number of hydrogen-bond donors (Lipinski definition) is 0. The molecule has 0 aliphatic carbocycles. The van der Waals surface area contributed by atoms with Gasteiger partial charge in [0.1, 0.15) is 5.82 Å². The van der Waals surface area contributed by atoms with Gasteiger partial charge < -0.3 is 0 Å². The van der Waals surface area contributed by atoms with Crippen molar-refractivity contribution in [1.29, 1.82) is 0 Å². The highest BCUT2D eigenvalue weighted by molar-refractivity contribution is 9.10. The average Bonchev–Trinajstić information content (AvgIpc) is 2.17. The average molecular weight is 289 g/mol. The van der Waals surface area contributed by atoms with Crippen molar-refractivity contribution in [3.05, 3.63) is 33.5 Å². The third kappa shape index (κ3) is 1.74. The topological polar surface area (TPSA) is 17.1 Å². The summed E-state index contributed by atoms with van der Waals surface area (Å²) in [6.45, 7) is 3.81. The van der Waals surface area contributed by atoms with E-state index in [-0.39, 0.29) is 11.6 Å². The van der Waals surface area contributed by atoms with E-state index in [1.807, 2.05) is 13.8 Å². The van der Waals surface area contributed by atoms with Crippen molar-refractivity contribution >= 4 is 33.5 Å². The SMILES string of the molecule is CC1(C)SCc2c(ccc(F)c2Br)C1=O. The number of carbonyl (C=O) groups excluding carboxylic acids is 1. The molecule has 0 amide bonds. The summed E-state index contributed by atoms with van der Waals surface area (Å²) in [7, 11) is 0. The van der Waals surface area contributed by atoms with Crippen LogP contribution in [-0.4, -0.2) is 10.5 Å². The summed E-state index contributed by atoms with van der Waals surface area (Å²) < 4.78 is 13.3. The van der Waals surface area contributed by atoms with Gasteiger partial charge in [-0.05, 0) is 47.5 Å². The van der Waals surface area contributed by atoms with Crippen LogP contribution in [0.4, 0.5) is 4.39 Å². The van der Waals surface area contributed by atoms with Gasteiger partial charge in [0.2, 0.25) is 0 Å². The number of ketones is 1. The van der Waals surface area contributed by atoms with Gasteiger partial charge in [-0.1, -0.05) is 0 Å². The maximum Gasteiger partial charge on any atom is 0.178 e. The van der Waals surface area contributed by atoms with Crippen molar-refractivity contribution in [2.24, 2.45) is 0 Å². The second kappa shape index (κ2) is 3.59. The van der Waals surface area contributed by atoms with Crippen LogP contribution in [0.3, 0.4) is 0 Å². The van der Waals surface area contributed by atoms with Gasteiger partial charge in [0.15, 0.2) is 5.78 Å². The molecule has 1 aliphatic heterocycles. The van der Waals surface area contributed by atoms with Crippen molar-refractivity contribution < 1.29 is 9.18 Å². The Balaban J connectivity index is 2.61. The third-order valence-corrected chi connectivity index (χ3v) is 4.76. The number of thioether (sulfide) groups is 1. The zero-order chi connectivity index (χ0) is 11.2. The lowest BCUT2D eigenvalue weighted by molar-refractivity contribution is 0.0955. The lowest BCUT2D eigenvalue weighted by Gasteiger charge is -2.29.